The number of ether oxygens (including phenoxy) is 2. The first-order chi connectivity index (χ1) is 9.10. The smallest absolute Gasteiger partial charge is 0.134 e. The third-order valence-electron chi connectivity index (χ3n) is 2.53. The SMILES string of the molecule is COc1ccc(OCc2cc(Cl)ccc2F)c(Br)c1. The quantitative estimate of drug-likeness (QED) is 0.790. The molecule has 2 nitrogen and oxygen atoms in total. The second-order valence-electron chi connectivity index (χ2n) is 3.82. The molecule has 19 heavy (non-hydrogen) atoms. The van der Waals surface area contributed by atoms with E-state index in [1.807, 2.05) is 0 Å². The summed E-state index contributed by atoms with van der Waals surface area (Å²) in [6.07, 6.45) is 0. The van der Waals surface area contributed by atoms with Crippen LogP contribution in [0.15, 0.2) is 40.9 Å². The Labute approximate surface area is 124 Å². The highest BCUT2D eigenvalue weighted by Gasteiger charge is 2.07. The molecular formula is C14H11BrClFO2. The zero-order valence-electron chi connectivity index (χ0n) is 10.1. The fourth-order valence-electron chi connectivity index (χ4n) is 1.54. The zero-order chi connectivity index (χ0) is 13.8. The van der Waals surface area contributed by atoms with Crippen LogP contribution in [0, 0.1) is 5.82 Å². The largest absolute Gasteiger partial charge is 0.497 e. The molecule has 2 rings (SSSR count). The Kier molecular flexibility index (Phi) is 4.66. The number of rotatable bonds is 4. The minimum absolute atomic E-state index is 0.108. The highest BCUT2D eigenvalue weighted by Crippen LogP contribution is 2.30. The van der Waals surface area contributed by atoms with Gasteiger partial charge in [-0.25, -0.2) is 4.39 Å². The molecule has 5 heteroatoms. The first-order valence-corrected chi connectivity index (χ1v) is 6.67. The average molecular weight is 346 g/mol. The van der Waals surface area contributed by atoms with Gasteiger partial charge in [-0.3, -0.25) is 0 Å². The maximum Gasteiger partial charge on any atom is 0.134 e. The van der Waals surface area contributed by atoms with Crippen LogP contribution in [0.4, 0.5) is 4.39 Å². The molecule has 0 unspecified atom stereocenters. The minimum Gasteiger partial charge on any atom is -0.497 e. The van der Waals surface area contributed by atoms with Gasteiger partial charge in [0.2, 0.25) is 0 Å². The Balaban J connectivity index is 2.12. The lowest BCUT2D eigenvalue weighted by molar-refractivity contribution is 0.297. The molecule has 0 spiro atoms. The van der Waals surface area contributed by atoms with Crippen molar-refractivity contribution in [3.05, 3.63) is 57.3 Å². The summed E-state index contributed by atoms with van der Waals surface area (Å²) < 4.78 is 24.9. The van der Waals surface area contributed by atoms with Gasteiger partial charge in [0.15, 0.2) is 0 Å². The summed E-state index contributed by atoms with van der Waals surface area (Å²) >= 11 is 9.19. The van der Waals surface area contributed by atoms with Crippen molar-refractivity contribution in [1.82, 2.24) is 0 Å². The van der Waals surface area contributed by atoms with Crippen LogP contribution < -0.4 is 9.47 Å². The first kappa shape index (κ1) is 14.2. The highest BCUT2D eigenvalue weighted by molar-refractivity contribution is 9.10. The number of methoxy groups -OCH3 is 1. The van der Waals surface area contributed by atoms with Gasteiger partial charge in [-0.05, 0) is 52.3 Å². The van der Waals surface area contributed by atoms with E-state index < -0.39 is 0 Å². The van der Waals surface area contributed by atoms with Gasteiger partial charge in [-0.1, -0.05) is 11.6 Å². The molecule has 2 aromatic rings. The fraction of sp³-hybridized carbons (Fsp3) is 0.143. The van der Waals surface area contributed by atoms with Crippen LogP contribution in [0.3, 0.4) is 0 Å². The molecule has 0 aliphatic heterocycles. The molecule has 0 aliphatic rings. The maximum atomic E-state index is 13.5. The Morgan fingerprint density at radius 2 is 2.00 bits per heavy atom. The number of halogens is 3. The van der Waals surface area contributed by atoms with Crippen molar-refractivity contribution >= 4 is 27.5 Å². The molecule has 0 amide bonds. The van der Waals surface area contributed by atoms with Crippen molar-refractivity contribution in [2.24, 2.45) is 0 Å². The molecule has 100 valence electrons. The van der Waals surface area contributed by atoms with Gasteiger partial charge in [0.05, 0.1) is 11.6 Å². The van der Waals surface area contributed by atoms with Gasteiger partial charge in [0.1, 0.15) is 23.9 Å². The highest BCUT2D eigenvalue weighted by atomic mass is 79.9. The van der Waals surface area contributed by atoms with E-state index in [9.17, 15) is 4.39 Å². The summed E-state index contributed by atoms with van der Waals surface area (Å²) in [5.74, 6) is 0.988. The van der Waals surface area contributed by atoms with E-state index in [1.54, 1.807) is 31.4 Å². The summed E-state index contributed by atoms with van der Waals surface area (Å²) in [7, 11) is 1.59. The standard InChI is InChI=1S/C14H11BrClFO2/c1-18-11-3-5-14(12(15)7-11)19-8-9-6-10(16)2-4-13(9)17/h2-7H,8H2,1H3. The van der Waals surface area contributed by atoms with Gasteiger partial charge in [-0.2, -0.15) is 0 Å². The molecule has 0 N–H and O–H groups in total. The summed E-state index contributed by atoms with van der Waals surface area (Å²) in [5.41, 5.74) is 0.412. The van der Waals surface area contributed by atoms with E-state index in [2.05, 4.69) is 15.9 Å². The second-order valence-corrected chi connectivity index (χ2v) is 5.11. The van der Waals surface area contributed by atoms with Gasteiger partial charge >= 0.3 is 0 Å². The van der Waals surface area contributed by atoms with Crippen molar-refractivity contribution < 1.29 is 13.9 Å². The van der Waals surface area contributed by atoms with E-state index in [4.69, 9.17) is 21.1 Å². The van der Waals surface area contributed by atoms with Gasteiger partial charge in [-0.15, -0.1) is 0 Å². The Hall–Kier alpha value is -1.26. The maximum absolute atomic E-state index is 13.5. The zero-order valence-corrected chi connectivity index (χ0v) is 12.5. The van der Waals surface area contributed by atoms with E-state index in [0.29, 0.717) is 22.1 Å². The lowest BCUT2D eigenvalue weighted by Gasteiger charge is -2.10. The predicted molar refractivity (Wildman–Crippen MR) is 76.4 cm³/mol. The third-order valence-corrected chi connectivity index (χ3v) is 3.38. The summed E-state index contributed by atoms with van der Waals surface area (Å²) in [6, 6.07) is 9.69. The summed E-state index contributed by atoms with van der Waals surface area (Å²) in [6.45, 7) is 0.108. The summed E-state index contributed by atoms with van der Waals surface area (Å²) in [5, 5.41) is 0.480. The van der Waals surface area contributed by atoms with E-state index in [0.717, 1.165) is 4.47 Å². The van der Waals surface area contributed by atoms with Crippen molar-refractivity contribution in [2.75, 3.05) is 7.11 Å². The van der Waals surface area contributed by atoms with E-state index >= 15 is 0 Å². The monoisotopic (exact) mass is 344 g/mol. The van der Waals surface area contributed by atoms with Crippen molar-refractivity contribution in [3.63, 3.8) is 0 Å². The number of hydrogen-bond acceptors (Lipinski definition) is 2. The molecule has 0 radical (unpaired) electrons. The molecule has 0 atom stereocenters. The van der Waals surface area contributed by atoms with Crippen LogP contribution >= 0.6 is 27.5 Å². The van der Waals surface area contributed by atoms with Gasteiger partial charge in [0, 0.05) is 10.6 Å². The molecule has 0 heterocycles. The first-order valence-electron chi connectivity index (χ1n) is 5.50. The second kappa shape index (κ2) is 6.26. The van der Waals surface area contributed by atoms with Crippen molar-refractivity contribution in [3.8, 4) is 11.5 Å². The third kappa shape index (κ3) is 3.61. The van der Waals surface area contributed by atoms with Crippen LogP contribution in [-0.4, -0.2) is 7.11 Å². The topological polar surface area (TPSA) is 18.5 Å². The molecule has 0 aliphatic carbocycles. The molecular weight excluding hydrogens is 335 g/mol. The molecule has 0 saturated carbocycles. The van der Waals surface area contributed by atoms with Crippen LogP contribution in [-0.2, 0) is 6.61 Å². The van der Waals surface area contributed by atoms with E-state index in [-0.39, 0.29) is 12.4 Å². The molecule has 2 aromatic carbocycles. The molecule has 0 fully saturated rings. The summed E-state index contributed by atoms with van der Waals surface area (Å²) in [4.78, 5) is 0. The predicted octanol–water partition coefficient (Wildman–Crippen LogP) is 4.83. The number of hydrogen-bond donors (Lipinski definition) is 0. The van der Waals surface area contributed by atoms with E-state index in [1.165, 1.54) is 12.1 Å². The van der Waals surface area contributed by atoms with Gasteiger partial charge < -0.3 is 9.47 Å². The van der Waals surface area contributed by atoms with Crippen LogP contribution in [0.5, 0.6) is 11.5 Å². The minimum atomic E-state index is -0.339. The van der Waals surface area contributed by atoms with Gasteiger partial charge in [0.25, 0.3) is 0 Å². The molecule has 0 saturated heterocycles. The normalized spacial score (nSPS) is 10.3. The lowest BCUT2D eigenvalue weighted by atomic mass is 10.2. The Morgan fingerprint density at radius 1 is 1.21 bits per heavy atom. The Bertz CT molecular complexity index is 590. The Morgan fingerprint density at radius 3 is 2.68 bits per heavy atom. The molecule has 0 bridgehead atoms. The fourth-order valence-corrected chi connectivity index (χ4v) is 2.20. The van der Waals surface area contributed by atoms with Crippen LogP contribution in [0.2, 0.25) is 5.02 Å². The van der Waals surface area contributed by atoms with Crippen molar-refractivity contribution in [2.45, 2.75) is 6.61 Å². The number of benzene rings is 2. The van der Waals surface area contributed by atoms with Crippen LogP contribution in [0.1, 0.15) is 5.56 Å². The van der Waals surface area contributed by atoms with Crippen LogP contribution in [0.25, 0.3) is 0 Å². The lowest BCUT2D eigenvalue weighted by Crippen LogP contribution is -1.99. The average Bonchev–Trinajstić information content (AvgIpc) is 2.40. The van der Waals surface area contributed by atoms with Crippen molar-refractivity contribution in [1.29, 1.82) is 0 Å². The molecule has 0 aromatic heterocycles.